The number of unbranched alkanes of at least 4 members (excludes halogenated alkanes) is 1. The maximum Gasteiger partial charge on any atom is 0.000771 e. The molecule has 0 saturated carbocycles. The first kappa shape index (κ1) is 14.0. The van der Waals surface area contributed by atoms with Crippen LogP contribution in [-0.2, 0) is 0 Å². The number of hydrogen-bond acceptors (Lipinski definition) is 1. The third kappa shape index (κ3) is 4.45. The minimum atomic E-state index is 0.661. The first-order chi connectivity index (χ1) is 6.83. The Balaban J connectivity index is 0.000000791. The fourth-order valence-electron chi connectivity index (χ4n) is 2.27. The van der Waals surface area contributed by atoms with Crippen molar-refractivity contribution >= 4 is 0 Å². The molecule has 1 heteroatoms. The molecule has 1 atom stereocenters. The van der Waals surface area contributed by atoms with Gasteiger partial charge in [0.15, 0.2) is 0 Å². The third-order valence-corrected chi connectivity index (χ3v) is 3.37. The van der Waals surface area contributed by atoms with Gasteiger partial charge in [-0.15, -0.1) is 0 Å². The minimum absolute atomic E-state index is 0.661. The van der Waals surface area contributed by atoms with Crippen LogP contribution >= 0.6 is 0 Å². The number of rotatable bonds is 4. The maximum absolute atomic E-state index is 3.54. The van der Waals surface area contributed by atoms with E-state index in [1.54, 1.807) is 0 Å². The minimum Gasteiger partial charge on any atom is -0.316 e. The van der Waals surface area contributed by atoms with E-state index < -0.39 is 0 Å². The molecule has 0 bridgehead atoms. The van der Waals surface area contributed by atoms with Crippen molar-refractivity contribution in [1.29, 1.82) is 0 Å². The monoisotopic (exact) mass is 199 g/mol. The van der Waals surface area contributed by atoms with Crippen LogP contribution in [-0.4, -0.2) is 13.1 Å². The third-order valence-electron chi connectivity index (χ3n) is 3.37. The molecule has 1 heterocycles. The second kappa shape index (κ2) is 8.28. The van der Waals surface area contributed by atoms with Gasteiger partial charge in [0.05, 0.1) is 0 Å². The Morgan fingerprint density at radius 2 is 1.93 bits per heavy atom. The molecule has 0 aromatic heterocycles. The second-order valence-corrected chi connectivity index (χ2v) is 4.24. The van der Waals surface area contributed by atoms with Crippen molar-refractivity contribution in [3.8, 4) is 0 Å². The van der Waals surface area contributed by atoms with E-state index in [1.165, 1.54) is 51.6 Å². The summed E-state index contributed by atoms with van der Waals surface area (Å²) in [6.07, 6.45) is 8.40. The highest BCUT2D eigenvalue weighted by Gasteiger charge is 2.28. The fourth-order valence-corrected chi connectivity index (χ4v) is 2.27. The second-order valence-electron chi connectivity index (χ2n) is 4.24. The van der Waals surface area contributed by atoms with Crippen molar-refractivity contribution in [3.63, 3.8) is 0 Å². The molecule has 0 radical (unpaired) electrons. The Bertz CT molecular complexity index is 114. The molecular weight excluding hydrogens is 170 g/mol. The zero-order valence-electron chi connectivity index (χ0n) is 10.7. The van der Waals surface area contributed by atoms with Gasteiger partial charge in [-0.3, -0.25) is 0 Å². The van der Waals surface area contributed by atoms with Gasteiger partial charge in [-0.05, 0) is 37.6 Å². The maximum atomic E-state index is 3.54. The lowest BCUT2D eigenvalue weighted by Gasteiger charge is -2.37. The fraction of sp³-hybridized carbons (Fsp3) is 1.00. The van der Waals surface area contributed by atoms with E-state index in [0.29, 0.717) is 5.41 Å². The van der Waals surface area contributed by atoms with Gasteiger partial charge in [-0.2, -0.15) is 0 Å². The highest BCUT2D eigenvalue weighted by atomic mass is 14.9. The van der Waals surface area contributed by atoms with Crippen LogP contribution in [0.5, 0.6) is 0 Å². The molecule has 1 saturated heterocycles. The molecule has 1 unspecified atom stereocenters. The van der Waals surface area contributed by atoms with E-state index in [4.69, 9.17) is 0 Å². The van der Waals surface area contributed by atoms with E-state index in [-0.39, 0.29) is 0 Å². The van der Waals surface area contributed by atoms with Crippen LogP contribution in [0.3, 0.4) is 0 Å². The van der Waals surface area contributed by atoms with Crippen LogP contribution in [0, 0.1) is 5.41 Å². The number of hydrogen-bond donors (Lipinski definition) is 1. The molecule has 0 aromatic rings. The average Bonchev–Trinajstić information content (AvgIpc) is 2.30. The summed E-state index contributed by atoms with van der Waals surface area (Å²) < 4.78 is 0. The molecule has 14 heavy (non-hydrogen) atoms. The molecular formula is C13H29N. The van der Waals surface area contributed by atoms with Gasteiger partial charge in [-0.1, -0.05) is 40.5 Å². The van der Waals surface area contributed by atoms with Gasteiger partial charge >= 0.3 is 0 Å². The summed E-state index contributed by atoms with van der Waals surface area (Å²) in [6, 6.07) is 0. The average molecular weight is 199 g/mol. The van der Waals surface area contributed by atoms with Gasteiger partial charge in [0, 0.05) is 6.54 Å². The predicted molar refractivity (Wildman–Crippen MR) is 65.7 cm³/mol. The summed E-state index contributed by atoms with van der Waals surface area (Å²) in [4.78, 5) is 0. The lowest BCUT2D eigenvalue weighted by Crippen LogP contribution is -2.39. The Morgan fingerprint density at radius 1 is 1.21 bits per heavy atom. The van der Waals surface area contributed by atoms with E-state index in [1.807, 2.05) is 13.8 Å². The Labute approximate surface area is 90.7 Å². The molecule has 1 nitrogen and oxygen atoms in total. The van der Waals surface area contributed by atoms with Crippen molar-refractivity contribution in [2.24, 2.45) is 5.41 Å². The summed E-state index contributed by atoms with van der Waals surface area (Å²) in [7, 11) is 0. The molecule has 86 valence electrons. The topological polar surface area (TPSA) is 12.0 Å². The smallest absolute Gasteiger partial charge is 0.000771 e. The molecule has 0 aromatic carbocycles. The number of piperidine rings is 1. The summed E-state index contributed by atoms with van der Waals surface area (Å²) in [6.45, 7) is 11.2. The Hall–Kier alpha value is -0.0400. The summed E-state index contributed by atoms with van der Waals surface area (Å²) in [5.74, 6) is 0. The number of nitrogens with one attached hydrogen (secondary N) is 1. The van der Waals surface area contributed by atoms with Gasteiger partial charge in [-0.25, -0.2) is 0 Å². The molecule has 0 spiro atoms. The van der Waals surface area contributed by atoms with Crippen molar-refractivity contribution in [3.05, 3.63) is 0 Å². The van der Waals surface area contributed by atoms with Crippen LogP contribution in [0.15, 0.2) is 0 Å². The molecule has 0 aliphatic carbocycles. The molecule has 1 N–H and O–H groups in total. The molecule has 0 amide bonds. The van der Waals surface area contributed by atoms with Crippen LogP contribution in [0.1, 0.15) is 66.2 Å². The predicted octanol–water partition coefficient (Wildman–Crippen LogP) is 3.98. The Morgan fingerprint density at radius 3 is 2.36 bits per heavy atom. The summed E-state index contributed by atoms with van der Waals surface area (Å²) in [5.41, 5.74) is 0.661. The van der Waals surface area contributed by atoms with Gasteiger partial charge < -0.3 is 5.32 Å². The lowest BCUT2D eigenvalue weighted by atomic mass is 9.74. The quantitative estimate of drug-likeness (QED) is 0.722. The van der Waals surface area contributed by atoms with Crippen molar-refractivity contribution < 1.29 is 0 Å². The summed E-state index contributed by atoms with van der Waals surface area (Å²) in [5, 5.41) is 3.54. The van der Waals surface area contributed by atoms with Crippen LogP contribution in [0.25, 0.3) is 0 Å². The van der Waals surface area contributed by atoms with Crippen molar-refractivity contribution in [1.82, 2.24) is 5.32 Å². The zero-order chi connectivity index (χ0) is 10.9. The summed E-state index contributed by atoms with van der Waals surface area (Å²) >= 11 is 0. The van der Waals surface area contributed by atoms with Gasteiger partial charge in [0.2, 0.25) is 0 Å². The normalized spacial score (nSPS) is 26.6. The zero-order valence-corrected chi connectivity index (χ0v) is 10.7. The van der Waals surface area contributed by atoms with E-state index >= 15 is 0 Å². The largest absolute Gasteiger partial charge is 0.316 e. The molecule has 1 aliphatic heterocycles. The first-order valence-corrected chi connectivity index (χ1v) is 6.54. The lowest BCUT2D eigenvalue weighted by molar-refractivity contribution is 0.179. The molecule has 1 fully saturated rings. The van der Waals surface area contributed by atoms with Crippen molar-refractivity contribution in [2.75, 3.05) is 13.1 Å². The van der Waals surface area contributed by atoms with Gasteiger partial charge in [0.25, 0.3) is 0 Å². The SMILES string of the molecule is CC.CCCCC1(CC)CCCNC1. The van der Waals surface area contributed by atoms with E-state index in [2.05, 4.69) is 19.2 Å². The van der Waals surface area contributed by atoms with Crippen LogP contribution < -0.4 is 5.32 Å². The Kier molecular flexibility index (Phi) is 8.26. The van der Waals surface area contributed by atoms with Crippen molar-refractivity contribution in [2.45, 2.75) is 66.2 Å². The van der Waals surface area contributed by atoms with E-state index in [0.717, 1.165) is 0 Å². The highest BCUT2D eigenvalue weighted by Crippen LogP contribution is 2.35. The van der Waals surface area contributed by atoms with Crippen LogP contribution in [0.2, 0.25) is 0 Å². The van der Waals surface area contributed by atoms with Gasteiger partial charge in [0.1, 0.15) is 0 Å². The first-order valence-electron chi connectivity index (χ1n) is 6.54. The van der Waals surface area contributed by atoms with E-state index in [9.17, 15) is 0 Å². The molecule has 1 aliphatic rings. The standard InChI is InChI=1S/C11H23N.C2H6/c1-3-5-7-11(4-2)8-6-9-12-10-11;1-2/h12H,3-10H2,1-2H3;1-2H3. The van der Waals surface area contributed by atoms with Crippen LogP contribution in [0.4, 0.5) is 0 Å². The molecule has 1 rings (SSSR count). The highest BCUT2D eigenvalue weighted by molar-refractivity contribution is 4.83.